The minimum atomic E-state index is -0.141. The third-order valence-corrected chi connectivity index (χ3v) is 6.08. The number of ketones is 1. The highest BCUT2D eigenvalue weighted by Gasteiger charge is 2.30. The Morgan fingerprint density at radius 1 is 1.00 bits per heavy atom. The van der Waals surface area contributed by atoms with Crippen LogP contribution in [0.15, 0.2) is 66.6 Å². The van der Waals surface area contributed by atoms with Gasteiger partial charge in [0.2, 0.25) is 5.78 Å². The van der Waals surface area contributed by atoms with Gasteiger partial charge in [0.15, 0.2) is 5.76 Å². The Hall–Kier alpha value is -4.19. The van der Waals surface area contributed by atoms with E-state index in [2.05, 4.69) is 0 Å². The Balaban J connectivity index is 1.43. The second-order valence-corrected chi connectivity index (χ2v) is 8.22. The van der Waals surface area contributed by atoms with Crippen LogP contribution in [0.25, 0.3) is 17.0 Å². The molecule has 0 N–H and O–H groups in total. The Morgan fingerprint density at radius 2 is 1.79 bits per heavy atom. The number of carbonyl (C=O) groups excluding carboxylic acids is 1. The SMILES string of the molecule is COc1cccc(COc2ccc3c(c2C)O/C(=C\c2cn(C)c4ccc(OC)cc24)C3=O)c1. The Morgan fingerprint density at radius 3 is 2.59 bits per heavy atom. The first-order chi connectivity index (χ1) is 16.5. The lowest BCUT2D eigenvalue weighted by Crippen LogP contribution is -1.99. The lowest BCUT2D eigenvalue weighted by Gasteiger charge is -2.12. The van der Waals surface area contributed by atoms with Crippen LogP contribution in [-0.2, 0) is 13.7 Å². The van der Waals surface area contributed by atoms with E-state index in [0.29, 0.717) is 29.4 Å². The van der Waals surface area contributed by atoms with Crippen molar-refractivity contribution in [3.05, 3.63) is 88.8 Å². The molecule has 0 saturated heterocycles. The smallest absolute Gasteiger partial charge is 0.231 e. The van der Waals surface area contributed by atoms with Crippen molar-refractivity contribution in [1.82, 2.24) is 4.57 Å². The first-order valence-electron chi connectivity index (χ1n) is 10.9. The largest absolute Gasteiger partial charge is 0.497 e. The summed E-state index contributed by atoms with van der Waals surface area (Å²) < 4.78 is 24.8. The summed E-state index contributed by atoms with van der Waals surface area (Å²) in [6.45, 7) is 2.28. The molecule has 1 aliphatic heterocycles. The molecule has 4 aromatic rings. The van der Waals surface area contributed by atoms with Gasteiger partial charge in [-0.05, 0) is 61.0 Å². The predicted molar refractivity (Wildman–Crippen MR) is 131 cm³/mol. The summed E-state index contributed by atoms with van der Waals surface area (Å²) >= 11 is 0. The van der Waals surface area contributed by atoms with E-state index in [9.17, 15) is 4.79 Å². The van der Waals surface area contributed by atoms with Gasteiger partial charge in [0.1, 0.15) is 29.6 Å². The molecule has 5 rings (SSSR count). The van der Waals surface area contributed by atoms with Crippen LogP contribution in [-0.4, -0.2) is 24.6 Å². The van der Waals surface area contributed by atoms with Crippen molar-refractivity contribution in [2.24, 2.45) is 7.05 Å². The lowest BCUT2D eigenvalue weighted by atomic mass is 10.1. The molecule has 0 saturated carbocycles. The second-order valence-electron chi connectivity index (χ2n) is 8.22. The summed E-state index contributed by atoms with van der Waals surface area (Å²) in [7, 11) is 5.25. The maximum atomic E-state index is 13.1. The van der Waals surface area contributed by atoms with Crippen LogP contribution in [0.5, 0.6) is 23.0 Å². The number of Topliss-reactive ketones (excluding diaryl/α,β-unsaturated/α-hetero) is 1. The number of aromatic nitrogens is 1. The van der Waals surface area contributed by atoms with Gasteiger partial charge < -0.3 is 23.5 Å². The van der Waals surface area contributed by atoms with Gasteiger partial charge in [0.05, 0.1) is 19.8 Å². The van der Waals surface area contributed by atoms with Crippen molar-refractivity contribution < 1.29 is 23.7 Å². The van der Waals surface area contributed by atoms with Crippen molar-refractivity contribution in [2.45, 2.75) is 13.5 Å². The van der Waals surface area contributed by atoms with Gasteiger partial charge in [-0.15, -0.1) is 0 Å². The zero-order valence-corrected chi connectivity index (χ0v) is 19.5. The number of nitrogens with zero attached hydrogens (tertiary/aromatic N) is 1. The fourth-order valence-electron chi connectivity index (χ4n) is 4.23. The van der Waals surface area contributed by atoms with E-state index in [1.54, 1.807) is 26.4 Å². The van der Waals surface area contributed by atoms with Crippen molar-refractivity contribution in [2.75, 3.05) is 14.2 Å². The fourth-order valence-corrected chi connectivity index (χ4v) is 4.23. The summed E-state index contributed by atoms with van der Waals surface area (Å²) in [5.41, 5.74) is 4.25. The average molecular weight is 456 g/mol. The molecule has 1 aliphatic rings. The van der Waals surface area contributed by atoms with Gasteiger partial charge in [-0.3, -0.25) is 4.79 Å². The number of methoxy groups -OCH3 is 2. The first-order valence-corrected chi connectivity index (χ1v) is 10.9. The quantitative estimate of drug-likeness (QED) is 0.349. The molecule has 0 radical (unpaired) electrons. The maximum Gasteiger partial charge on any atom is 0.231 e. The van der Waals surface area contributed by atoms with Gasteiger partial charge in [-0.1, -0.05) is 12.1 Å². The molecule has 34 heavy (non-hydrogen) atoms. The molecule has 172 valence electrons. The molecule has 0 fully saturated rings. The molecule has 0 amide bonds. The summed E-state index contributed by atoms with van der Waals surface area (Å²) in [4.78, 5) is 13.1. The number of rotatable bonds is 6. The van der Waals surface area contributed by atoms with Crippen molar-refractivity contribution in [3.63, 3.8) is 0 Å². The monoisotopic (exact) mass is 455 g/mol. The van der Waals surface area contributed by atoms with Gasteiger partial charge in [0, 0.05) is 35.3 Å². The van der Waals surface area contributed by atoms with Crippen LogP contribution in [0.3, 0.4) is 0 Å². The molecule has 2 heterocycles. The van der Waals surface area contributed by atoms with Crippen LogP contribution in [0.1, 0.15) is 27.0 Å². The van der Waals surface area contributed by atoms with Crippen molar-refractivity contribution >= 4 is 22.8 Å². The third kappa shape index (κ3) is 3.77. The maximum absolute atomic E-state index is 13.1. The third-order valence-electron chi connectivity index (χ3n) is 6.08. The minimum absolute atomic E-state index is 0.141. The van der Waals surface area contributed by atoms with Crippen LogP contribution >= 0.6 is 0 Å². The number of allylic oxidation sites excluding steroid dienone is 1. The van der Waals surface area contributed by atoms with Crippen LogP contribution < -0.4 is 18.9 Å². The van der Waals surface area contributed by atoms with Crippen LogP contribution in [0, 0.1) is 6.92 Å². The molecule has 6 heteroatoms. The van der Waals surface area contributed by atoms with E-state index in [-0.39, 0.29) is 5.78 Å². The highest BCUT2D eigenvalue weighted by Crippen LogP contribution is 2.40. The molecule has 0 atom stereocenters. The average Bonchev–Trinajstić information content (AvgIpc) is 3.35. The standard InChI is InChI=1S/C28H25NO5/c1-17-25(33-16-18-6-5-7-20(12-18)31-3)11-9-22-27(30)26(34-28(17)22)13-19-15-29(2)24-10-8-21(32-4)14-23(19)24/h5-15H,16H2,1-4H3/b26-13-. The van der Waals surface area contributed by atoms with E-state index in [0.717, 1.165) is 39.1 Å². The van der Waals surface area contributed by atoms with Gasteiger partial charge >= 0.3 is 0 Å². The number of hydrogen-bond donors (Lipinski definition) is 0. The van der Waals surface area contributed by atoms with Crippen molar-refractivity contribution in [3.8, 4) is 23.0 Å². The van der Waals surface area contributed by atoms with Crippen molar-refractivity contribution in [1.29, 1.82) is 0 Å². The van der Waals surface area contributed by atoms with E-state index in [1.165, 1.54) is 0 Å². The summed E-state index contributed by atoms with van der Waals surface area (Å²) in [5, 5.41) is 0.987. The molecular weight excluding hydrogens is 430 g/mol. The molecule has 0 bridgehead atoms. The normalized spacial score (nSPS) is 13.8. The molecule has 0 aliphatic carbocycles. The van der Waals surface area contributed by atoms with Gasteiger partial charge in [0.25, 0.3) is 0 Å². The number of fused-ring (bicyclic) bond motifs is 2. The summed E-state index contributed by atoms with van der Waals surface area (Å²) in [6, 6.07) is 17.2. The number of hydrogen-bond acceptors (Lipinski definition) is 5. The number of carbonyl (C=O) groups is 1. The number of aryl methyl sites for hydroxylation is 1. The lowest BCUT2D eigenvalue weighted by molar-refractivity contribution is 0.101. The Kier molecular flexibility index (Phi) is 5.49. The molecule has 0 unspecified atom stereocenters. The van der Waals surface area contributed by atoms with Gasteiger partial charge in [-0.2, -0.15) is 0 Å². The Bertz CT molecular complexity index is 1450. The zero-order chi connectivity index (χ0) is 23.8. The molecule has 6 nitrogen and oxygen atoms in total. The summed E-state index contributed by atoms with van der Waals surface area (Å²) in [6.07, 6.45) is 3.77. The molecule has 0 spiro atoms. The molecular formula is C28H25NO5. The molecule has 3 aromatic carbocycles. The summed E-state index contributed by atoms with van der Waals surface area (Å²) in [5.74, 6) is 2.90. The number of benzene rings is 3. The first kappa shape index (κ1) is 21.6. The van der Waals surface area contributed by atoms with E-state index < -0.39 is 0 Å². The molecule has 1 aromatic heterocycles. The highest BCUT2D eigenvalue weighted by atomic mass is 16.5. The fraction of sp³-hybridized carbons (Fsp3) is 0.179. The Labute approximate surface area is 197 Å². The van der Waals surface area contributed by atoms with E-state index >= 15 is 0 Å². The highest BCUT2D eigenvalue weighted by molar-refractivity contribution is 6.15. The minimum Gasteiger partial charge on any atom is -0.497 e. The van der Waals surface area contributed by atoms with Gasteiger partial charge in [-0.25, -0.2) is 0 Å². The second kappa shape index (κ2) is 8.63. The van der Waals surface area contributed by atoms with Crippen LogP contribution in [0.4, 0.5) is 0 Å². The van der Waals surface area contributed by atoms with Crippen LogP contribution in [0.2, 0.25) is 0 Å². The predicted octanol–water partition coefficient (Wildman–Crippen LogP) is 5.70. The van der Waals surface area contributed by atoms with E-state index in [1.807, 2.05) is 73.3 Å². The number of ether oxygens (including phenoxy) is 4. The van der Waals surface area contributed by atoms with E-state index in [4.69, 9.17) is 18.9 Å². The topological polar surface area (TPSA) is 58.9 Å². The zero-order valence-electron chi connectivity index (χ0n) is 19.5.